The summed E-state index contributed by atoms with van der Waals surface area (Å²) in [5.74, 6) is 0. The molecule has 1 N–H and O–H groups in total. The Labute approximate surface area is 194 Å². The minimum atomic E-state index is -2.63. The first kappa shape index (κ1) is 22.0. The number of rotatable bonds is 6. The topological polar surface area (TPSA) is 20.2 Å². The van der Waals surface area contributed by atoms with Gasteiger partial charge in [0.15, 0.2) is 0 Å². The summed E-state index contributed by atoms with van der Waals surface area (Å²) >= 11 is 2.83. The Kier molecular flexibility index (Phi) is 5.66. The summed E-state index contributed by atoms with van der Waals surface area (Å²) in [6.45, 7) is 9.09. The molecule has 1 nitrogen and oxygen atoms in total. The van der Waals surface area contributed by atoms with Crippen LogP contribution < -0.4 is 10.6 Å². The van der Waals surface area contributed by atoms with Crippen LogP contribution in [-0.4, -0.2) is 23.0 Å². The number of halogens is 1. The molecule has 3 aromatic rings. The van der Waals surface area contributed by atoms with Gasteiger partial charge in [-0.2, -0.15) is 0 Å². The second-order valence-corrected chi connectivity index (χ2v) is 21.0. The van der Waals surface area contributed by atoms with Crippen LogP contribution in [-0.2, 0) is 6.42 Å². The van der Waals surface area contributed by atoms with Gasteiger partial charge in [0, 0.05) is 0 Å². The molecule has 3 heteroatoms. The summed E-state index contributed by atoms with van der Waals surface area (Å²) in [6, 6.07) is 28.4. The quantitative estimate of drug-likeness (QED) is 0.283. The Morgan fingerprint density at radius 3 is 1.80 bits per heavy atom. The second-order valence-electron chi connectivity index (χ2n) is 9.44. The predicted molar refractivity (Wildman–Crippen MR) is 142 cm³/mol. The molecule has 0 radical (unpaired) electrons. The van der Waals surface area contributed by atoms with E-state index in [0.29, 0.717) is 0 Å². The Bertz CT molecular complexity index is 1010. The van der Waals surface area contributed by atoms with Gasteiger partial charge >= 0.3 is 195 Å². The summed E-state index contributed by atoms with van der Waals surface area (Å²) in [5, 5.41) is 14.8. The number of aliphatic hydroxyl groups is 1. The Balaban J connectivity index is 1.84. The Hall–Kier alpha value is -1.22. The molecule has 4 rings (SSSR count). The molecule has 3 aromatic carbocycles. The van der Waals surface area contributed by atoms with Gasteiger partial charge < -0.3 is 0 Å². The molecular weight excluding hydrogens is 498 g/mol. The van der Waals surface area contributed by atoms with E-state index in [4.69, 9.17) is 0 Å². The summed E-state index contributed by atoms with van der Waals surface area (Å²) < 4.78 is -2.63. The van der Waals surface area contributed by atoms with E-state index in [0.717, 1.165) is 12.6 Å². The fourth-order valence-electron chi connectivity index (χ4n) is 5.62. The van der Waals surface area contributed by atoms with Gasteiger partial charge in [0.25, 0.3) is 0 Å². The van der Waals surface area contributed by atoms with Crippen LogP contribution in [0.2, 0.25) is 0 Å². The van der Waals surface area contributed by atoms with Crippen molar-refractivity contribution < 1.29 is 5.11 Å². The standard InChI is InChI=1S/C27H32IOP/c1-5-30(28,20(2)26(29)27(3,4)19-21-13-7-6-8-14-21)24-17-11-9-15-22(24)23-16-10-12-18-25(23)30/h6-18,20,26,29H,5,19H2,1-4H3/t20-,26-/m1/s1. The third kappa shape index (κ3) is 3.10. The number of benzene rings is 3. The van der Waals surface area contributed by atoms with E-state index < -0.39 is 10.3 Å². The van der Waals surface area contributed by atoms with Gasteiger partial charge in [-0.25, -0.2) is 0 Å². The summed E-state index contributed by atoms with van der Waals surface area (Å²) in [6.07, 6.45) is 1.52. The van der Waals surface area contributed by atoms with Crippen LogP contribution in [0.15, 0.2) is 78.9 Å². The molecular formula is C27H32IOP. The van der Waals surface area contributed by atoms with E-state index in [1.807, 2.05) is 0 Å². The number of fused-ring (bicyclic) bond motifs is 3. The fourth-order valence-corrected chi connectivity index (χ4v) is 14.7. The fraction of sp³-hybridized carbons (Fsp3) is 0.333. The van der Waals surface area contributed by atoms with Crippen molar-refractivity contribution in [1.29, 1.82) is 0 Å². The molecule has 0 saturated heterocycles. The van der Waals surface area contributed by atoms with Crippen molar-refractivity contribution in [3.63, 3.8) is 0 Å². The van der Waals surface area contributed by atoms with E-state index >= 15 is 0 Å². The number of aliphatic hydroxyl groups excluding tert-OH is 1. The van der Waals surface area contributed by atoms with Crippen molar-refractivity contribution in [2.24, 2.45) is 5.41 Å². The first-order chi connectivity index (χ1) is 14.2. The first-order valence-electron chi connectivity index (χ1n) is 10.9. The van der Waals surface area contributed by atoms with Crippen LogP contribution in [0.5, 0.6) is 0 Å². The van der Waals surface area contributed by atoms with Crippen molar-refractivity contribution in [3.05, 3.63) is 84.4 Å². The molecule has 2 atom stereocenters. The third-order valence-corrected chi connectivity index (χ3v) is 21.3. The maximum atomic E-state index is 11.9. The van der Waals surface area contributed by atoms with Crippen molar-refractivity contribution >= 4 is 36.9 Å². The molecule has 1 aliphatic rings. The average molecular weight is 530 g/mol. The summed E-state index contributed by atoms with van der Waals surface area (Å²) in [4.78, 5) is 0. The van der Waals surface area contributed by atoms with E-state index in [2.05, 4.69) is 129 Å². The molecule has 0 aliphatic carbocycles. The van der Waals surface area contributed by atoms with E-state index in [1.165, 1.54) is 27.3 Å². The van der Waals surface area contributed by atoms with Crippen LogP contribution in [0.25, 0.3) is 11.1 Å². The first-order valence-corrected chi connectivity index (χ1v) is 16.2. The summed E-state index contributed by atoms with van der Waals surface area (Å²) in [7, 11) is 0. The molecule has 0 saturated carbocycles. The normalized spacial score (nSPS) is 19.7. The Morgan fingerprint density at radius 1 is 0.833 bits per heavy atom. The van der Waals surface area contributed by atoms with Gasteiger partial charge in [-0.15, -0.1) is 0 Å². The maximum absolute atomic E-state index is 11.9. The Morgan fingerprint density at radius 2 is 1.30 bits per heavy atom. The van der Waals surface area contributed by atoms with Gasteiger partial charge in [-0.05, 0) is 0 Å². The van der Waals surface area contributed by atoms with Gasteiger partial charge in [-0.3, -0.25) is 0 Å². The van der Waals surface area contributed by atoms with Gasteiger partial charge in [-0.1, -0.05) is 0 Å². The zero-order valence-corrected chi connectivity index (χ0v) is 21.4. The second kappa shape index (κ2) is 7.73. The molecule has 0 aromatic heterocycles. The average Bonchev–Trinajstić information content (AvgIpc) is 3.01. The van der Waals surface area contributed by atoms with Crippen molar-refractivity contribution in [3.8, 4) is 11.1 Å². The molecule has 0 bridgehead atoms. The molecule has 1 aliphatic heterocycles. The van der Waals surface area contributed by atoms with Crippen molar-refractivity contribution in [1.82, 2.24) is 0 Å². The van der Waals surface area contributed by atoms with Crippen LogP contribution in [0, 0.1) is 5.41 Å². The van der Waals surface area contributed by atoms with Gasteiger partial charge in [0.2, 0.25) is 0 Å². The molecule has 0 unspecified atom stereocenters. The molecule has 0 fully saturated rings. The van der Waals surface area contributed by atoms with Crippen LogP contribution in [0.4, 0.5) is 0 Å². The SMILES string of the molecule is CCP1(I)([C@H](C)[C@@H](O)C(C)(C)Cc2ccccc2)c2ccccc2-c2ccccc21. The van der Waals surface area contributed by atoms with E-state index in [1.54, 1.807) is 0 Å². The van der Waals surface area contributed by atoms with Crippen molar-refractivity contribution in [2.75, 3.05) is 6.16 Å². The molecule has 1 heterocycles. The zero-order chi connectivity index (χ0) is 21.6. The monoisotopic (exact) mass is 530 g/mol. The van der Waals surface area contributed by atoms with E-state index in [9.17, 15) is 5.11 Å². The summed E-state index contributed by atoms with van der Waals surface area (Å²) in [5.41, 5.74) is 3.95. The van der Waals surface area contributed by atoms with E-state index in [-0.39, 0.29) is 11.1 Å². The van der Waals surface area contributed by atoms with Crippen molar-refractivity contribution in [2.45, 2.75) is 45.9 Å². The number of hydrogen-bond acceptors (Lipinski definition) is 1. The number of hydrogen-bond donors (Lipinski definition) is 1. The van der Waals surface area contributed by atoms with Gasteiger partial charge in [0.05, 0.1) is 0 Å². The minimum absolute atomic E-state index is 0.158. The van der Waals surface area contributed by atoms with Crippen LogP contribution in [0.3, 0.4) is 0 Å². The molecule has 0 amide bonds. The molecule has 0 spiro atoms. The van der Waals surface area contributed by atoms with Crippen LogP contribution in [0.1, 0.15) is 33.3 Å². The predicted octanol–water partition coefficient (Wildman–Crippen LogP) is 6.56. The molecule has 158 valence electrons. The molecule has 30 heavy (non-hydrogen) atoms. The van der Waals surface area contributed by atoms with Crippen LogP contribution >= 0.6 is 26.3 Å². The van der Waals surface area contributed by atoms with Gasteiger partial charge in [0.1, 0.15) is 0 Å². The third-order valence-electron chi connectivity index (χ3n) is 7.37. The zero-order valence-electron chi connectivity index (χ0n) is 18.3.